The molecular weight excluding hydrogens is 216 g/mol. The predicted octanol–water partition coefficient (Wildman–Crippen LogP) is 0.731. The molecule has 0 aliphatic rings. The average molecular weight is 232 g/mol. The van der Waals surface area contributed by atoms with E-state index in [1.165, 1.54) is 5.56 Å². The van der Waals surface area contributed by atoms with Gasteiger partial charge >= 0.3 is 0 Å². The Bertz CT molecular complexity index is 465. The molecule has 0 aliphatic carbocycles. The Morgan fingerprint density at radius 3 is 3.00 bits per heavy atom. The van der Waals surface area contributed by atoms with Crippen LogP contribution in [0.2, 0.25) is 0 Å². The molecule has 0 spiro atoms. The highest BCUT2D eigenvalue weighted by atomic mass is 15.5. The van der Waals surface area contributed by atoms with E-state index in [2.05, 4.69) is 27.8 Å². The quantitative estimate of drug-likeness (QED) is 0.743. The van der Waals surface area contributed by atoms with Crippen LogP contribution in [0, 0.1) is 6.92 Å². The monoisotopic (exact) mass is 232 g/mol. The summed E-state index contributed by atoms with van der Waals surface area (Å²) in [6.07, 6.45) is 2.53. The van der Waals surface area contributed by atoms with Gasteiger partial charge in [-0.3, -0.25) is 0 Å². The molecule has 6 nitrogen and oxygen atoms in total. The van der Waals surface area contributed by atoms with Crippen LogP contribution in [0.5, 0.6) is 0 Å². The van der Waals surface area contributed by atoms with Gasteiger partial charge in [0.25, 0.3) is 0 Å². The third-order valence-corrected chi connectivity index (χ3v) is 2.53. The number of nitrogens with zero attached hydrogens (tertiary/aromatic N) is 4. The van der Waals surface area contributed by atoms with Gasteiger partial charge in [0, 0.05) is 12.2 Å². The van der Waals surface area contributed by atoms with E-state index in [0.29, 0.717) is 6.54 Å². The molecular formula is C11H16N6. The Morgan fingerprint density at radius 1 is 1.41 bits per heavy atom. The maximum Gasteiger partial charge on any atom is 0.143 e. The maximum absolute atomic E-state index is 5.47. The van der Waals surface area contributed by atoms with Crippen LogP contribution in [0.25, 0.3) is 5.69 Å². The molecule has 0 radical (unpaired) electrons. The fourth-order valence-corrected chi connectivity index (χ4v) is 1.55. The fraction of sp³-hybridized carbons (Fsp3) is 0.364. The van der Waals surface area contributed by atoms with Gasteiger partial charge in [0.2, 0.25) is 0 Å². The van der Waals surface area contributed by atoms with Gasteiger partial charge in [0.05, 0.1) is 5.69 Å². The summed E-state index contributed by atoms with van der Waals surface area (Å²) in [4.78, 5) is 0. The van der Waals surface area contributed by atoms with Crippen molar-refractivity contribution in [3.63, 3.8) is 0 Å². The van der Waals surface area contributed by atoms with Gasteiger partial charge in [-0.2, -0.15) is 0 Å². The molecule has 2 rings (SSSR count). The zero-order valence-electron chi connectivity index (χ0n) is 9.80. The highest BCUT2D eigenvalue weighted by Crippen LogP contribution is 2.18. The van der Waals surface area contributed by atoms with E-state index in [1.54, 1.807) is 11.0 Å². The molecule has 1 aromatic heterocycles. The Kier molecular flexibility index (Phi) is 3.66. The molecule has 17 heavy (non-hydrogen) atoms. The summed E-state index contributed by atoms with van der Waals surface area (Å²) in [5.74, 6) is 0. The number of aromatic nitrogens is 4. The Morgan fingerprint density at radius 2 is 2.29 bits per heavy atom. The Labute approximate surface area is 99.8 Å². The van der Waals surface area contributed by atoms with Crippen molar-refractivity contribution < 1.29 is 0 Å². The van der Waals surface area contributed by atoms with Crippen molar-refractivity contribution in [1.82, 2.24) is 20.2 Å². The number of nitrogens with one attached hydrogen (secondary N) is 1. The van der Waals surface area contributed by atoms with Crippen LogP contribution < -0.4 is 11.1 Å². The van der Waals surface area contributed by atoms with Crippen LogP contribution in [0.4, 0.5) is 5.69 Å². The highest BCUT2D eigenvalue weighted by molar-refractivity contribution is 5.56. The highest BCUT2D eigenvalue weighted by Gasteiger charge is 2.02. The zero-order chi connectivity index (χ0) is 12.1. The smallest absolute Gasteiger partial charge is 0.143 e. The number of rotatable bonds is 5. The van der Waals surface area contributed by atoms with Gasteiger partial charge in [-0.25, -0.2) is 4.68 Å². The van der Waals surface area contributed by atoms with Gasteiger partial charge in [0.1, 0.15) is 6.33 Å². The van der Waals surface area contributed by atoms with Crippen LogP contribution in [0.3, 0.4) is 0 Å². The first-order valence-electron chi connectivity index (χ1n) is 5.59. The minimum atomic E-state index is 0.693. The first-order chi connectivity index (χ1) is 8.31. The zero-order valence-corrected chi connectivity index (χ0v) is 9.80. The van der Waals surface area contributed by atoms with E-state index in [4.69, 9.17) is 5.73 Å². The molecule has 0 unspecified atom stereocenters. The summed E-state index contributed by atoms with van der Waals surface area (Å²) in [6, 6.07) is 6.06. The van der Waals surface area contributed by atoms with Crippen LogP contribution >= 0.6 is 0 Å². The van der Waals surface area contributed by atoms with Crippen molar-refractivity contribution in [2.24, 2.45) is 5.73 Å². The van der Waals surface area contributed by atoms with Crippen molar-refractivity contribution in [3.05, 3.63) is 30.1 Å². The van der Waals surface area contributed by atoms with Crippen molar-refractivity contribution in [1.29, 1.82) is 0 Å². The van der Waals surface area contributed by atoms with E-state index in [0.717, 1.165) is 24.3 Å². The minimum Gasteiger partial charge on any atom is -0.385 e. The van der Waals surface area contributed by atoms with Crippen molar-refractivity contribution in [3.8, 4) is 5.69 Å². The number of tetrazole rings is 1. The van der Waals surface area contributed by atoms with Crippen molar-refractivity contribution >= 4 is 5.69 Å². The molecule has 0 saturated carbocycles. The summed E-state index contributed by atoms with van der Waals surface area (Å²) in [5.41, 5.74) is 8.69. The molecule has 1 aromatic carbocycles. The normalized spacial score (nSPS) is 10.5. The molecule has 0 fully saturated rings. The molecule has 0 bridgehead atoms. The summed E-state index contributed by atoms with van der Waals surface area (Å²) >= 11 is 0. The largest absolute Gasteiger partial charge is 0.385 e. The standard InChI is InChI=1S/C11H16N6/c1-9-3-4-10(17-8-14-15-16-17)7-11(9)13-6-2-5-12/h3-4,7-8,13H,2,5-6,12H2,1H3. The SMILES string of the molecule is Cc1ccc(-n2cnnn2)cc1NCCCN. The predicted molar refractivity (Wildman–Crippen MR) is 66.1 cm³/mol. The molecule has 0 amide bonds. The number of hydrogen-bond donors (Lipinski definition) is 2. The molecule has 2 aromatic rings. The second-order valence-corrected chi connectivity index (χ2v) is 3.82. The number of nitrogens with two attached hydrogens (primary N) is 1. The van der Waals surface area contributed by atoms with E-state index in [9.17, 15) is 0 Å². The second-order valence-electron chi connectivity index (χ2n) is 3.82. The maximum atomic E-state index is 5.47. The first kappa shape index (κ1) is 11.5. The fourth-order valence-electron chi connectivity index (χ4n) is 1.55. The second kappa shape index (κ2) is 5.40. The number of aryl methyl sites for hydroxylation is 1. The molecule has 3 N–H and O–H groups in total. The van der Waals surface area contributed by atoms with E-state index >= 15 is 0 Å². The third-order valence-electron chi connectivity index (χ3n) is 2.53. The summed E-state index contributed by atoms with van der Waals surface area (Å²) in [6.45, 7) is 3.63. The lowest BCUT2D eigenvalue weighted by molar-refractivity contribution is 0.788. The summed E-state index contributed by atoms with van der Waals surface area (Å²) in [7, 11) is 0. The van der Waals surface area contributed by atoms with Crippen molar-refractivity contribution in [2.75, 3.05) is 18.4 Å². The van der Waals surface area contributed by atoms with Crippen LogP contribution in [-0.2, 0) is 0 Å². The summed E-state index contributed by atoms with van der Waals surface area (Å²) < 4.78 is 1.63. The first-order valence-corrected chi connectivity index (χ1v) is 5.59. The van der Waals surface area contributed by atoms with Gasteiger partial charge in [-0.05, 0) is 48.0 Å². The molecule has 0 aliphatic heterocycles. The minimum absolute atomic E-state index is 0.693. The number of benzene rings is 1. The summed E-state index contributed by atoms with van der Waals surface area (Å²) in [5, 5.41) is 14.5. The molecule has 90 valence electrons. The topological polar surface area (TPSA) is 81.7 Å². The average Bonchev–Trinajstić information content (AvgIpc) is 2.85. The van der Waals surface area contributed by atoms with Crippen LogP contribution in [0.15, 0.2) is 24.5 Å². The van der Waals surface area contributed by atoms with E-state index in [-0.39, 0.29) is 0 Å². The van der Waals surface area contributed by atoms with Gasteiger partial charge in [0.15, 0.2) is 0 Å². The molecule has 6 heteroatoms. The molecule has 0 atom stereocenters. The van der Waals surface area contributed by atoms with Crippen molar-refractivity contribution in [2.45, 2.75) is 13.3 Å². The van der Waals surface area contributed by atoms with Crippen LogP contribution in [0.1, 0.15) is 12.0 Å². The third kappa shape index (κ3) is 2.79. The number of anilines is 1. The lowest BCUT2D eigenvalue weighted by Gasteiger charge is -2.10. The Balaban J connectivity index is 2.18. The van der Waals surface area contributed by atoms with E-state index in [1.807, 2.05) is 18.2 Å². The van der Waals surface area contributed by atoms with Gasteiger partial charge in [-0.15, -0.1) is 5.10 Å². The number of hydrogen-bond acceptors (Lipinski definition) is 5. The lowest BCUT2D eigenvalue weighted by atomic mass is 10.1. The van der Waals surface area contributed by atoms with Crippen LogP contribution in [-0.4, -0.2) is 33.3 Å². The van der Waals surface area contributed by atoms with Gasteiger partial charge in [-0.1, -0.05) is 6.07 Å². The molecule has 1 heterocycles. The van der Waals surface area contributed by atoms with Gasteiger partial charge < -0.3 is 11.1 Å². The molecule has 0 saturated heterocycles. The Hall–Kier alpha value is -1.95. The lowest BCUT2D eigenvalue weighted by Crippen LogP contribution is -2.09. The van der Waals surface area contributed by atoms with E-state index < -0.39 is 0 Å².